The highest BCUT2D eigenvalue weighted by Crippen LogP contribution is 2.30. The molecule has 1 saturated heterocycles. The van der Waals surface area contributed by atoms with E-state index in [1.807, 2.05) is 0 Å². The molecule has 1 fully saturated rings. The SMILES string of the molecule is Nc1ncc2c(n1)n([C@@H]1O[C@H](CO)C[C@H]1O)c(=O)n2Cc1ccc(C(=O)O)cc1. The Morgan fingerprint density at radius 2 is 2.03 bits per heavy atom. The lowest BCUT2D eigenvalue weighted by Gasteiger charge is -2.15. The summed E-state index contributed by atoms with van der Waals surface area (Å²) in [5.74, 6) is -1.08. The third-order valence-electron chi connectivity index (χ3n) is 4.89. The second-order valence-corrected chi connectivity index (χ2v) is 6.81. The first kappa shape index (κ1) is 19.1. The van der Waals surface area contributed by atoms with Gasteiger partial charge in [0.05, 0.1) is 31.0 Å². The zero-order valence-corrected chi connectivity index (χ0v) is 15.2. The van der Waals surface area contributed by atoms with E-state index >= 15 is 0 Å². The van der Waals surface area contributed by atoms with Crippen LogP contribution in [0.2, 0.25) is 0 Å². The van der Waals surface area contributed by atoms with Crippen LogP contribution in [0, 0.1) is 0 Å². The highest BCUT2D eigenvalue weighted by atomic mass is 16.5. The van der Waals surface area contributed by atoms with Gasteiger partial charge in [-0.1, -0.05) is 12.1 Å². The molecule has 11 heteroatoms. The van der Waals surface area contributed by atoms with Crippen molar-refractivity contribution in [3.05, 3.63) is 52.1 Å². The summed E-state index contributed by atoms with van der Waals surface area (Å²) in [6, 6.07) is 6.12. The Labute approximate surface area is 163 Å². The number of aromatic carboxylic acids is 1. The van der Waals surface area contributed by atoms with Crippen LogP contribution in [0.3, 0.4) is 0 Å². The van der Waals surface area contributed by atoms with E-state index in [4.69, 9.17) is 15.6 Å². The zero-order chi connectivity index (χ0) is 20.7. The van der Waals surface area contributed by atoms with Gasteiger partial charge in [-0.2, -0.15) is 4.98 Å². The van der Waals surface area contributed by atoms with Crippen LogP contribution >= 0.6 is 0 Å². The maximum Gasteiger partial charge on any atom is 0.335 e. The van der Waals surface area contributed by atoms with Crippen molar-refractivity contribution < 1.29 is 24.9 Å². The Hall–Kier alpha value is -3.28. The molecule has 3 atom stereocenters. The lowest BCUT2D eigenvalue weighted by Crippen LogP contribution is -2.32. The van der Waals surface area contributed by atoms with Gasteiger partial charge in [0.15, 0.2) is 11.9 Å². The zero-order valence-electron chi connectivity index (χ0n) is 15.2. The number of nitrogens with two attached hydrogens (primary N) is 1. The fourth-order valence-corrected chi connectivity index (χ4v) is 3.47. The van der Waals surface area contributed by atoms with Crippen LogP contribution in [0.5, 0.6) is 0 Å². The molecular formula is C18H19N5O6. The standard InChI is InChI=1S/C18H19N5O6/c19-17-20-6-12-14(21-17)23(15-13(25)5-11(8-24)29-15)18(28)22(12)7-9-1-3-10(4-2-9)16(26)27/h1-4,6,11,13,15,24-25H,5,7-8H2,(H,26,27)(H2,19,20,21)/t11-,13+,15+/m0/s1. The average Bonchev–Trinajstić information content (AvgIpc) is 3.19. The first-order valence-corrected chi connectivity index (χ1v) is 8.89. The molecule has 0 amide bonds. The number of hydrogen-bond donors (Lipinski definition) is 4. The van der Waals surface area contributed by atoms with E-state index in [1.54, 1.807) is 12.1 Å². The molecule has 152 valence electrons. The molecule has 5 N–H and O–H groups in total. The minimum atomic E-state index is -1.04. The van der Waals surface area contributed by atoms with Crippen LogP contribution < -0.4 is 11.4 Å². The Balaban J connectivity index is 1.80. The van der Waals surface area contributed by atoms with Crippen molar-refractivity contribution in [2.45, 2.75) is 31.4 Å². The van der Waals surface area contributed by atoms with Crippen molar-refractivity contribution in [2.75, 3.05) is 12.3 Å². The maximum absolute atomic E-state index is 13.2. The molecule has 0 bridgehead atoms. The first-order chi connectivity index (χ1) is 13.9. The van der Waals surface area contributed by atoms with E-state index in [0.717, 1.165) is 0 Å². The van der Waals surface area contributed by atoms with E-state index in [9.17, 15) is 19.8 Å². The Kier molecular flexibility index (Phi) is 4.78. The molecule has 3 aromatic rings. The summed E-state index contributed by atoms with van der Waals surface area (Å²) in [7, 11) is 0. The van der Waals surface area contributed by atoms with Crippen molar-refractivity contribution in [3.8, 4) is 0 Å². The summed E-state index contributed by atoms with van der Waals surface area (Å²) in [5.41, 5.74) is 6.61. The van der Waals surface area contributed by atoms with E-state index in [2.05, 4.69) is 9.97 Å². The summed E-state index contributed by atoms with van der Waals surface area (Å²) in [4.78, 5) is 32.3. The number of nitrogen functional groups attached to an aromatic ring is 1. The van der Waals surface area contributed by atoms with Gasteiger partial charge in [-0.15, -0.1) is 0 Å². The summed E-state index contributed by atoms with van der Waals surface area (Å²) in [5, 5.41) is 28.7. The molecule has 1 aromatic carbocycles. The average molecular weight is 401 g/mol. The van der Waals surface area contributed by atoms with Crippen molar-refractivity contribution >= 4 is 23.1 Å². The number of hydrogen-bond acceptors (Lipinski definition) is 8. The lowest BCUT2D eigenvalue weighted by molar-refractivity contribution is -0.0505. The summed E-state index contributed by atoms with van der Waals surface area (Å²) < 4.78 is 8.23. The number of carboxylic acids is 1. The number of aliphatic hydroxyl groups is 2. The quantitative estimate of drug-likeness (QED) is 0.443. The first-order valence-electron chi connectivity index (χ1n) is 8.89. The summed E-state index contributed by atoms with van der Waals surface area (Å²) in [6.45, 7) is -0.157. The van der Waals surface area contributed by atoms with Gasteiger partial charge in [-0.3, -0.25) is 4.57 Å². The Morgan fingerprint density at radius 3 is 2.66 bits per heavy atom. The number of carboxylic acid groups (broad SMARTS) is 1. The highest BCUT2D eigenvalue weighted by molar-refractivity contribution is 5.87. The van der Waals surface area contributed by atoms with Crippen LogP contribution in [0.15, 0.2) is 35.3 Å². The number of rotatable bonds is 5. The number of nitrogens with zero attached hydrogens (tertiary/aromatic N) is 4. The number of ether oxygens (including phenoxy) is 1. The minimum Gasteiger partial charge on any atom is -0.478 e. The molecular weight excluding hydrogens is 382 g/mol. The minimum absolute atomic E-state index is 0.0413. The molecule has 0 saturated carbocycles. The van der Waals surface area contributed by atoms with Gasteiger partial charge in [0.25, 0.3) is 0 Å². The fourth-order valence-electron chi connectivity index (χ4n) is 3.47. The second-order valence-electron chi connectivity index (χ2n) is 6.81. The van der Waals surface area contributed by atoms with Gasteiger partial charge in [0.2, 0.25) is 5.95 Å². The van der Waals surface area contributed by atoms with Crippen molar-refractivity contribution in [1.82, 2.24) is 19.1 Å². The molecule has 0 spiro atoms. The van der Waals surface area contributed by atoms with Crippen LogP contribution in [-0.4, -0.2) is 59.2 Å². The molecule has 1 aliphatic rings. The smallest absolute Gasteiger partial charge is 0.335 e. The molecule has 0 aliphatic carbocycles. The van der Waals surface area contributed by atoms with E-state index in [1.165, 1.54) is 27.5 Å². The van der Waals surface area contributed by atoms with Gasteiger partial charge < -0.3 is 25.8 Å². The van der Waals surface area contributed by atoms with Crippen LogP contribution in [-0.2, 0) is 11.3 Å². The van der Waals surface area contributed by atoms with E-state index in [0.29, 0.717) is 11.1 Å². The van der Waals surface area contributed by atoms with Gasteiger partial charge in [0, 0.05) is 6.42 Å². The third kappa shape index (κ3) is 3.35. The largest absolute Gasteiger partial charge is 0.478 e. The number of anilines is 1. The Bertz CT molecular complexity index is 1120. The Morgan fingerprint density at radius 1 is 1.31 bits per heavy atom. The molecule has 1 aliphatic heterocycles. The van der Waals surface area contributed by atoms with Gasteiger partial charge in [-0.25, -0.2) is 19.1 Å². The van der Waals surface area contributed by atoms with Crippen LogP contribution in [0.1, 0.15) is 28.6 Å². The maximum atomic E-state index is 13.2. The fraction of sp³-hybridized carbons (Fsp3) is 0.333. The monoisotopic (exact) mass is 401 g/mol. The number of imidazole rings is 1. The molecule has 29 heavy (non-hydrogen) atoms. The predicted octanol–water partition coefficient (Wildman–Crippen LogP) is -0.438. The topological polar surface area (TPSA) is 166 Å². The third-order valence-corrected chi connectivity index (χ3v) is 4.89. The molecule has 3 heterocycles. The van der Waals surface area contributed by atoms with Gasteiger partial charge in [0.1, 0.15) is 11.6 Å². The van der Waals surface area contributed by atoms with Gasteiger partial charge >= 0.3 is 11.7 Å². The highest BCUT2D eigenvalue weighted by Gasteiger charge is 2.37. The number of aliphatic hydroxyl groups excluding tert-OH is 2. The van der Waals surface area contributed by atoms with E-state index < -0.39 is 30.1 Å². The summed E-state index contributed by atoms with van der Waals surface area (Å²) in [6.07, 6.45) is -1.03. The van der Waals surface area contributed by atoms with Crippen molar-refractivity contribution in [3.63, 3.8) is 0 Å². The molecule has 11 nitrogen and oxygen atoms in total. The number of aromatic nitrogens is 4. The van der Waals surface area contributed by atoms with Crippen LogP contribution in [0.25, 0.3) is 11.2 Å². The second kappa shape index (κ2) is 7.28. The predicted molar refractivity (Wildman–Crippen MR) is 100 cm³/mol. The van der Waals surface area contributed by atoms with Gasteiger partial charge in [-0.05, 0) is 17.7 Å². The molecule has 0 unspecified atom stereocenters. The normalized spacial score (nSPS) is 21.7. The van der Waals surface area contributed by atoms with E-state index in [-0.39, 0.29) is 36.7 Å². The summed E-state index contributed by atoms with van der Waals surface area (Å²) >= 11 is 0. The van der Waals surface area contributed by atoms with Crippen molar-refractivity contribution in [2.24, 2.45) is 0 Å². The molecule has 0 radical (unpaired) electrons. The number of benzene rings is 1. The number of fused-ring (bicyclic) bond motifs is 1. The molecule has 2 aromatic heterocycles. The molecule has 4 rings (SSSR count). The number of carbonyl (C=O) groups is 1. The van der Waals surface area contributed by atoms with Crippen LogP contribution in [0.4, 0.5) is 5.95 Å². The van der Waals surface area contributed by atoms with Crippen molar-refractivity contribution in [1.29, 1.82) is 0 Å². The lowest BCUT2D eigenvalue weighted by atomic mass is 10.1.